The number of carbonyl (C=O) groups is 1. The number of hydrogen-bond acceptors (Lipinski definition) is 3. The molecule has 3 heterocycles. The fourth-order valence-corrected chi connectivity index (χ4v) is 3.29. The maximum Gasteiger partial charge on any atom is 0.289 e. The summed E-state index contributed by atoms with van der Waals surface area (Å²) in [4.78, 5) is 23.1. The van der Waals surface area contributed by atoms with Crippen molar-refractivity contribution >= 4 is 44.8 Å². The lowest BCUT2D eigenvalue weighted by molar-refractivity contribution is 0.0950. The monoisotopic (exact) mass is 353 g/mol. The molecule has 0 saturated carbocycles. The van der Waals surface area contributed by atoms with E-state index < -0.39 is 0 Å². The molecule has 2 aromatic carbocycles. The van der Waals surface area contributed by atoms with Crippen LogP contribution in [-0.4, -0.2) is 27.1 Å². The van der Waals surface area contributed by atoms with Gasteiger partial charge in [0.2, 0.25) is 0 Å². The first-order valence-electron chi connectivity index (χ1n) is 8.55. The van der Waals surface area contributed by atoms with Crippen LogP contribution in [0.4, 0.5) is 0 Å². The molecule has 0 unspecified atom stereocenters. The van der Waals surface area contributed by atoms with E-state index in [2.05, 4.69) is 25.5 Å². The average Bonchev–Trinajstić information content (AvgIpc) is 3.29. The first-order valence-corrected chi connectivity index (χ1v) is 8.55. The van der Waals surface area contributed by atoms with Crippen LogP contribution in [0.3, 0.4) is 0 Å². The summed E-state index contributed by atoms with van der Waals surface area (Å²) in [5.41, 5.74) is 6.72. The largest absolute Gasteiger partial charge is 0.361 e. The average molecular weight is 353 g/mol. The lowest BCUT2D eigenvalue weighted by atomic mass is 10.1. The first-order chi connectivity index (χ1) is 13.3. The van der Waals surface area contributed by atoms with Crippen LogP contribution in [0.2, 0.25) is 0 Å². The first kappa shape index (κ1) is 15.3. The molecule has 130 valence electrons. The third-order valence-corrected chi connectivity index (χ3v) is 4.61. The van der Waals surface area contributed by atoms with Crippen molar-refractivity contribution in [1.82, 2.24) is 20.4 Å². The van der Waals surface area contributed by atoms with E-state index in [1.54, 1.807) is 18.5 Å². The Morgan fingerprint density at radius 2 is 1.74 bits per heavy atom. The minimum Gasteiger partial charge on any atom is -0.361 e. The van der Waals surface area contributed by atoms with E-state index in [0.29, 0.717) is 5.69 Å². The van der Waals surface area contributed by atoms with Gasteiger partial charge in [0.15, 0.2) is 0 Å². The Balaban J connectivity index is 1.41. The summed E-state index contributed by atoms with van der Waals surface area (Å²) in [5, 5.41) is 7.15. The number of para-hydroxylation sites is 2. The van der Waals surface area contributed by atoms with Crippen LogP contribution in [0.15, 0.2) is 72.1 Å². The molecule has 27 heavy (non-hydrogen) atoms. The summed E-state index contributed by atoms with van der Waals surface area (Å²) >= 11 is 0. The minimum absolute atomic E-state index is 0.323. The van der Waals surface area contributed by atoms with E-state index in [4.69, 9.17) is 0 Å². The van der Waals surface area contributed by atoms with Gasteiger partial charge in [0.25, 0.3) is 5.91 Å². The molecular formula is C21H15N5O. The fraction of sp³-hybridized carbons (Fsp3) is 0. The molecule has 0 bridgehead atoms. The van der Waals surface area contributed by atoms with E-state index in [1.165, 1.54) is 0 Å². The number of rotatable bonds is 3. The van der Waals surface area contributed by atoms with Crippen molar-refractivity contribution in [3.8, 4) is 0 Å². The van der Waals surface area contributed by atoms with Gasteiger partial charge in [0.1, 0.15) is 5.69 Å². The molecule has 3 N–H and O–H groups in total. The Bertz CT molecular complexity index is 1330. The number of hydrazone groups is 1. The highest BCUT2D eigenvalue weighted by Gasteiger charge is 2.10. The summed E-state index contributed by atoms with van der Waals surface area (Å²) in [6.07, 6.45) is 5.16. The normalized spacial score (nSPS) is 11.7. The van der Waals surface area contributed by atoms with Crippen molar-refractivity contribution < 1.29 is 4.79 Å². The van der Waals surface area contributed by atoms with Gasteiger partial charge < -0.3 is 9.97 Å². The van der Waals surface area contributed by atoms with E-state index in [-0.39, 0.29) is 5.91 Å². The van der Waals surface area contributed by atoms with Crippen LogP contribution in [0, 0.1) is 0 Å². The van der Waals surface area contributed by atoms with Crippen molar-refractivity contribution in [2.24, 2.45) is 5.10 Å². The number of aromatic amines is 2. The van der Waals surface area contributed by atoms with Gasteiger partial charge in [-0.25, -0.2) is 10.4 Å². The Kier molecular flexibility index (Phi) is 3.47. The SMILES string of the molecule is O=C(N/N=C/c1c[nH]c2ccccc12)c1cc2c(cn1)[nH]c1ccccc12. The number of amides is 1. The van der Waals surface area contributed by atoms with Gasteiger partial charge >= 0.3 is 0 Å². The molecule has 0 atom stereocenters. The smallest absolute Gasteiger partial charge is 0.289 e. The molecule has 0 fully saturated rings. The molecule has 1 amide bonds. The maximum absolute atomic E-state index is 12.4. The Morgan fingerprint density at radius 3 is 2.63 bits per heavy atom. The zero-order valence-electron chi connectivity index (χ0n) is 14.2. The van der Waals surface area contributed by atoms with E-state index in [1.807, 2.05) is 54.7 Å². The Labute approximate surface area is 153 Å². The number of benzene rings is 2. The molecular weight excluding hydrogens is 338 g/mol. The standard InChI is InChI=1S/C21H15N5O/c27-21(26-24-11-13-10-22-17-7-3-1-5-14(13)17)19-9-16-15-6-2-4-8-18(15)25-20(16)12-23-19/h1-12,22,25H,(H,26,27)/b24-11+. The second kappa shape index (κ2) is 6.10. The molecule has 6 nitrogen and oxygen atoms in total. The Hall–Kier alpha value is -3.93. The lowest BCUT2D eigenvalue weighted by Gasteiger charge is -1.99. The predicted octanol–water partition coefficient (Wildman–Crippen LogP) is 3.96. The Morgan fingerprint density at radius 1 is 0.963 bits per heavy atom. The molecule has 6 heteroatoms. The number of aromatic nitrogens is 3. The predicted molar refractivity (Wildman–Crippen MR) is 107 cm³/mol. The van der Waals surface area contributed by atoms with E-state index in [0.717, 1.165) is 38.3 Å². The summed E-state index contributed by atoms with van der Waals surface area (Å²) in [5.74, 6) is -0.349. The number of nitrogens with zero attached hydrogens (tertiary/aromatic N) is 2. The molecule has 0 aliphatic heterocycles. The number of hydrogen-bond donors (Lipinski definition) is 3. The highest BCUT2D eigenvalue weighted by Crippen LogP contribution is 2.25. The van der Waals surface area contributed by atoms with Crippen molar-refractivity contribution in [3.63, 3.8) is 0 Å². The van der Waals surface area contributed by atoms with Gasteiger partial charge in [0, 0.05) is 39.0 Å². The number of carbonyl (C=O) groups excluding carboxylic acids is 1. The summed E-state index contributed by atoms with van der Waals surface area (Å²) in [6, 6.07) is 17.7. The fourth-order valence-electron chi connectivity index (χ4n) is 3.29. The molecule has 5 aromatic rings. The van der Waals surface area contributed by atoms with Gasteiger partial charge in [-0.1, -0.05) is 36.4 Å². The van der Waals surface area contributed by atoms with Crippen LogP contribution in [0.1, 0.15) is 16.1 Å². The quantitative estimate of drug-likeness (QED) is 0.339. The van der Waals surface area contributed by atoms with Gasteiger partial charge in [-0.15, -0.1) is 0 Å². The zero-order valence-corrected chi connectivity index (χ0v) is 14.2. The topological polar surface area (TPSA) is 85.9 Å². The molecule has 0 aliphatic rings. The van der Waals surface area contributed by atoms with E-state index >= 15 is 0 Å². The number of pyridine rings is 1. The van der Waals surface area contributed by atoms with Gasteiger partial charge in [-0.05, 0) is 18.2 Å². The van der Waals surface area contributed by atoms with Crippen LogP contribution in [-0.2, 0) is 0 Å². The van der Waals surface area contributed by atoms with Crippen molar-refractivity contribution in [2.75, 3.05) is 0 Å². The number of fused-ring (bicyclic) bond motifs is 4. The van der Waals surface area contributed by atoms with Crippen molar-refractivity contribution in [1.29, 1.82) is 0 Å². The molecule has 0 radical (unpaired) electrons. The molecule has 0 saturated heterocycles. The highest BCUT2D eigenvalue weighted by molar-refractivity contribution is 6.09. The van der Waals surface area contributed by atoms with Crippen LogP contribution in [0.25, 0.3) is 32.7 Å². The molecule has 0 spiro atoms. The van der Waals surface area contributed by atoms with Gasteiger partial charge in [-0.2, -0.15) is 5.10 Å². The molecule has 5 rings (SSSR count). The summed E-state index contributed by atoms with van der Waals surface area (Å²) in [6.45, 7) is 0. The van der Waals surface area contributed by atoms with Crippen molar-refractivity contribution in [3.05, 3.63) is 78.2 Å². The molecule has 0 aliphatic carbocycles. The number of nitrogens with one attached hydrogen (secondary N) is 3. The van der Waals surface area contributed by atoms with Gasteiger partial charge in [0.05, 0.1) is 17.9 Å². The minimum atomic E-state index is -0.349. The zero-order chi connectivity index (χ0) is 18.2. The second-order valence-electron chi connectivity index (χ2n) is 6.27. The van der Waals surface area contributed by atoms with Crippen LogP contribution < -0.4 is 5.43 Å². The van der Waals surface area contributed by atoms with E-state index in [9.17, 15) is 4.79 Å². The van der Waals surface area contributed by atoms with Gasteiger partial charge in [-0.3, -0.25) is 4.79 Å². The van der Waals surface area contributed by atoms with Crippen LogP contribution in [0.5, 0.6) is 0 Å². The van der Waals surface area contributed by atoms with Crippen molar-refractivity contribution in [2.45, 2.75) is 0 Å². The maximum atomic E-state index is 12.4. The number of H-pyrrole nitrogens is 2. The van der Waals surface area contributed by atoms with Crippen LogP contribution >= 0.6 is 0 Å². The molecule has 3 aromatic heterocycles. The lowest BCUT2D eigenvalue weighted by Crippen LogP contribution is -2.18. The third-order valence-electron chi connectivity index (χ3n) is 4.61. The summed E-state index contributed by atoms with van der Waals surface area (Å²) in [7, 11) is 0. The summed E-state index contributed by atoms with van der Waals surface area (Å²) < 4.78 is 0. The third kappa shape index (κ3) is 2.64. The second-order valence-corrected chi connectivity index (χ2v) is 6.27. The highest BCUT2D eigenvalue weighted by atomic mass is 16.2.